The van der Waals surface area contributed by atoms with Gasteiger partial charge in [0.1, 0.15) is 11.5 Å². The van der Waals surface area contributed by atoms with Crippen LogP contribution in [0.3, 0.4) is 0 Å². The Morgan fingerprint density at radius 2 is 1.88 bits per heavy atom. The number of hydrogen-bond acceptors (Lipinski definition) is 6. The van der Waals surface area contributed by atoms with Gasteiger partial charge in [-0.1, -0.05) is 13.8 Å². The number of carbonyl (C=O) groups is 2. The molecule has 0 fully saturated rings. The fourth-order valence-electron chi connectivity index (χ4n) is 2.90. The van der Waals surface area contributed by atoms with E-state index in [1.54, 1.807) is 0 Å². The summed E-state index contributed by atoms with van der Waals surface area (Å²) in [5, 5.41) is 2.52. The Morgan fingerprint density at radius 3 is 2.46 bits per heavy atom. The van der Waals surface area contributed by atoms with Gasteiger partial charge in [-0.3, -0.25) is 14.9 Å². The first kappa shape index (κ1) is 18.3. The molecule has 0 bridgehead atoms. The maximum absolute atomic E-state index is 12.3. The standard InChI is InChI=1S/C18H20N2O5S/c1-10(2)12-8-14(21)16-15(9-12)25-18(19-16)20-17(22)11-4-6-13(7-5-11)26(3,23)24/h4-7,10,12H,8-9H2,1-3H3,(H,19,20,22). The van der Waals surface area contributed by atoms with Gasteiger partial charge in [0.2, 0.25) is 0 Å². The molecule has 26 heavy (non-hydrogen) atoms. The van der Waals surface area contributed by atoms with Crippen molar-refractivity contribution >= 4 is 27.5 Å². The van der Waals surface area contributed by atoms with Crippen LogP contribution in [0.25, 0.3) is 0 Å². The number of sulfone groups is 1. The number of aromatic nitrogens is 1. The Hall–Kier alpha value is -2.48. The number of amides is 1. The number of anilines is 1. The van der Waals surface area contributed by atoms with Crippen LogP contribution in [-0.4, -0.2) is 31.3 Å². The van der Waals surface area contributed by atoms with Gasteiger partial charge in [-0.15, -0.1) is 0 Å². The highest BCUT2D eigenvalue weighted by molar-refractivity contribution is 7.90. The Labute approximate surface area is 151 Å². The summed E-state index contributed by atoms with van der Waals surface area (Å²) in [6.07, 6.45) is 2.14. The van der Waals surface area contributed by atoms with E-state index in [2.05, 4.69) is 24.1 Å². The van der Waals surface area contributed by atoms with Gasteiger partial charge < -0.3 is 4.42 Å². The van der Waals surface area contributed by atoms with E-state index in [9.17, 15) is 18.0 Å². The van der Waals surface area contributed by atoms with Crippen LogP contribution in [0.1, 0.15) is 46.9 Å². The van der Waals surface area contributed by atoms with Crippen LogP contribution in [-0.2, 0) is 16.3 Å². The molecule has 1 aromatic heterocycles. The highest BCUT2D eigenvalue weighted by atomic mass is 32.2. The smallest absolute Gasteiger partial charge is 0.302 e. The van der Waals surface area contributed by atoms with Crippen molar-refractivity contribution in [2.24, 2.45) is 11.8 Å². The lowest BCUT2D eigenvalue weighted by Crippen LogP contribution is -2.23. The van der Waals surface area contributed by atoms with Crippen molar-refractivity contribution in [3.8, 4) is 0 Å². The Balaban J connectivity index is 1.77. The molecule has 0 saturated carbocycles. The zero-order chi connectivity index (χ0) is 19.1. The van der Waals surface area contributed by atoms with E-state index in [4.69, 9.17) is 4.42 Å². The molecule has 0 aliphatic heterocycles. The number of rotatable bonds is 4. The average molecular weight is 376 g/mol. The van der Waals surface area contributed by atoms with E-state index in [0.717, 1.165) is 6.26 Å². The number of nitrogens with zero attached hydrogens (tertiary/aromatic N) is 1. The van der Waals surface area contributed by atoms with Crippen LogP contribution >= 0.6 is 0 Å². The predicted molar refractivity (Wildman–Crippen MR) is 95.0 cm³/mol. The molecule has 1 amide bonds. The number of Topliss-reactive ketones (excluding diaryl/α,β-unsaturated/α-hetero) is 1. The van der Waals surface area contributed by atoms with E-state index in [0.29, 0.717) is 24.5 Å². The molecule has 1 atom stereocenters. The fourth-order valence-corrected chi connectivity index (χ4v) is 3.53. The summed E-state index contributed by atoms with van der Waals surface area (Å²) in [4.78, 5) is 28.7. The normalized spacial score (nSPS) is 17.2. The molecule has 1 N–H and O–H groups in total. The largest absolute Gasteiger partial charge is 0.428 e. The zero-order valence-corrected chi connectivity index (χ0v) is 15.6. The third-order valence-electron chi connectivity index (χ3n) is 4.56. The highest BCUT2D eigenvalue weighted by Gasteiger charge is 2.32. The van der Waals surface area contributed by atoms with Crippen molar-refractivity contribution in [3.63, 3.8) is 0 Å². The second-order valence-electron chi connectivity index (χ2n) is 6.88. The Bertz CT molecular complexity index is 958. The van der Waals surface area contributed by atoms with E-state index >= 15 is 0 Å². The van der Waals surface area contributed by atoms with Crippen LogP contribution in [0.4, 0.5) is 6.01 Å². The number of ketones is 1. The van der Waals surface area contributed by atoms with Gasteiger partial charge in [0.15, 0.2) is 15.6 Å². The van der Waals surface area contributed by atoms with Crippen LogP contribution in [0, 0.1) is 11.8 Å². The third kappa shape index (κ3) is 3.70. The van der Waals surface area contributed by atoms with Crippen LogP contribution in [0.2, 0.25) is 0 Å². The first-order valence-electron chi connectivity index (χ1n) is 8.29. The summed E-state index contributed by atoms with van der Waals surface area (Å²) < 4.78 is 28.5. The van der Waals surface area contributed by atoms with Crippen molar-refractivity contribution in [2.75, 3.05) is 11.6 Å². The second kappa shape index (κ2) is 6.68. The van der Waals surface area contributed by atoms with E-state index in [1.165, 1.54) is 24.3 Å². The fraction of sp³-hybridized carbons (Fsp3) is 0.389. The molecule has 0 spiro atoms. The predicted octanol–water partition coefficient (Wildman–Crippen LogP) is 2.73. The monoisotopic (exact) mass is 376 g/mol. The lowest BCUT2D eigenvalue weighted by Gasteiger charge is -2.22. The highest BCUT2D eigenvalue weighted by Crippen LogP contribution is 2.31. The molecule has 1 aliphatic carbocycles. The molecule has 7 nitrogen and oxygen atoms in total. The number of carbonyl (C=O) groups excluding carboxylic acids is 2. The van der Waals surface area contributed by atoms with Gasteiger partial charge >= 0.3 is 6.01 Å². The van der Waals surface area contributed by atoms with Gasteiger partial charge in [0.25, 0.3) is 5.91 Å². The van der Waals surface area contributed by atoms with E-state index in [-0.39, 0.29) is 33.9 Å². The molecule has 1 aliphatic rings. The summed E-state index contributed by atoms with van der Waals surface area (Å²) >= 11 is 0. The minimum absolute atomic E-state index is 0.0232. The van der Waals surface area contributed by atoms with Crippen molar-refractivity contribution in [1.29, 1.82) is 0 Å². The lowest BCUT2D eigenvalue weighted by atomic mass is 9.82. The zero-order valence-electron chi connectivity index (χ0n) is 14.8. The second-order valence-corrected chi connectivity index (χ2v) is 8.89. The molecule has 1 heterocycles. The van der Waals surface area contributed by atoms with Gasteiger partial charge in [-0.25, -0.2) is 8.42 Å². The maximum atomic E-state index is 12.3. The summed E-state index contributed by atoms with van der Waals surface area (Å²) in [5.41, 5.74) is 0.546. The number of oxazole rings is 1. The molecule has 8 heteroatoms. The van der Waals surface area contributed by atoms with Crippen LogP contribution in [0.5, 0.6) is 0 Å². The quantitative estimate of drug-likeness (QED) is 0.879. The Morgan fingerprint density at radius 1 is 1.23 bits per heavy atom. The first-order valence-corrected chi connectivity index (χ1v) is 10.2. The topological polar surface area (TPSA) is 106 Å². The molecule has 2 aromatic rings. The van der Waals surface area contributed by atoms with Crippen molar-refractivity contribution in [2.45, 2.75) is 31.6 Å². The Kier molecular flexibility index (Phi) is 4.70. The summed E-state index contributed by atoms with van der Waals surface area (Å²) in [7, 11) is -3.32. The minimum Gasteiger partial charge on any atom is -0.428 e. The first-order chi connectivity index (χ1) is 12.1. The average Bonchev–Trinajstić information content (AvgIpc) is 2.97. The summed E-state index contributed by atoms with van der Waals surface area (Å²) in [5.74, 6) is 0.490. The SMILES string of the molecule is CC(C)C1CC(=O)c2nc(NC(=O)c3ccc(S(C)(=O)=O)cc3)oc2C1. The third-order valence-corrected chi connectivity index (χ3v) is 5.69. The van der Waals surface area contributed by atoms with Crippen molar-refractivity contribution < 1.29 is 22.4 Å². The van der Waals surface area contributed by atoms with E-state index < -0.39 is 15.7 Å². The molecule has 1 aromatic carbocycles. The number of nitrogens with one attached hydrogen (secondary N) is 1. The van der Waals surface area contributed by atoms with Crippen LogP contribution < -0.4 is 5.32 Å². The van der Waals surface area contributed by atoms with Crippen molar-refractivity contribution in [3.05, 3.63) is 41.3 Å². The maximum Gasteiger partial charge on any atom is 0.302 e. The van der Waals surface area contributed by atoms with Gasteiger partial charge in [0.05, 0.1) is 4.90 Å². The van der Waals surface area contributed by atoms with E-state index in [1.807, 2.05) is 0 Å². The molecule has 138 valence electrons. The number of fused-ring (bicyclic) bond motifs is 1. The summed E-state index contributed by atoms with van der Waals surface area (Å²) in [6.45, 7) is 4.12. The molecule has 0 saturated heterocycles. The molecular formula is C18H20N2O5S. The number of benzene rings is 1. The minimum atomic E-state index is -3.32. The lowest BCUT2D eigenvalue weighted by molar-refractivity contribution is 0.0922. The van der Waals surface area contributed by atoms with Crippen LogP contribution in [0.15, 0.2) is 33.6 Å². The molecule has 0 radical (unpaired) electrons. The number of hydrogen-bond donors (Lipinski definition) is 1. The summed E-state index contributed by atoms with van der Waals surface area (Å²) in [6, 6.07) is 5.52. The molecule has 1 unspecified atom stereocenters. The van der Waals surface area contributed by atoms with Gasteiger partial charge in [-0.05, 0) is 36.1 Å². The van der Waals surface area contributed by atoms with Gasteiger partial charge in [-0.2, -0.15) is 4.98 Å². The molecular weight excluding hydrogens is 356 g/mol. The van der Waals surface area contributed by atoms with Gasteiger partial charge in [0, 0.05) is 24.7 Å². The van der Waals surface area contributed by atoms with Crippen molar-refractivity contribution in [1.82, 2.24) is 4.98 Å². The molecule has 3 rings (SSSR count).